The molecule has 0 spiro atoms. The molecule has 3 rings (SSSR count). The van der Waals surface area contributed by atoms with E-state index >= 15 is 0 Å². The van der Waals surface area contributed by atoms with Gasteiger partial charge in [-0.3, -0.25) is 19.3 Å². The Bertz CT molecular complexity index is 1060. The SMILES string of the molecule is CC(C)OC(=O)C(CCC(=O)C=N)NC(=O)CNC(=O)CN1CCOCC1.Cc1c[nH]c2ccccc12. The Morgan fingerprint density at radius 2 is 1.86 bits per heavy atom. The number of rotatable bonds is 11. The average molecular weight is 516 g/mol. The Kier molecular flexibility index (Phi) is 12.4. The van der Waals surface area contributed by atoms with Crippen molar-refractivity contribution >= 4 is 40.7 Å². The number of aryl methyl sites for hydroxylation is 1. The number of amides is 2. The third kappa shape index (κ3) is 10.9. The summed E-state index contributed by atoms with van der Waals surface area (Å²) in [5.41, 5.74) is 2.54. The van der Waals surface area contributed by atoms with Crippen LogP contribution in [0, 0.1) is 12.3 Å². The highest BCUT2D eigenvalue weighted by Gasteiger charge is 2.24. The molecule has 1 fully saturated rings. The maximum atomic E-state index is 12.1. The number of aromatic nitrogens is 1. The number of Topliss-reactive ketones (excluding diaryl/α,β-unsaturated/α-hetero) is 1. The summed E-state index contributed by atoms with van der Waals surface area (Å²) in [6.07, 6.45) is 2.28. The summed E-state index contributed by atoms with van der Waals surface area (Å²) < 4.78 is 10.3. The van der Waals surface area contributed by atoms with Gasteiger partial charge in [0.1, 0.15) is 6.04 Å². The zero-order valence-electron chi connectivity index (χ0n) is 21.7. The van der Waals surface area contributed by atoms with Crippen molar-refractivity contribution in [3.8, 4) is 0 Å². The van der Waals surface area contributed by atoms with Crippen molar-refractivity contribution in [2.24, 2.45) is 0 Å². The first kappa shape index (κ1) is 29.7. The normalized spacial score (nSPS) is 14.3. The van der Waals surface area contributed by atoms with Crippen LogP contribution in [0.2, 0.25) is 0 Å². The maximum Gasteiger partial charge on any atom is 0.328 e. The summed E-state index contributed by atoms with van der Waals surface area (Å²) in [7, 11) is 0. The smallest absolute Gasteiger partial charge is 0.328 e. The van der Waals surface area contributed by atoms with E-state index in [0.29, 0.717) is 32.5 Å². The topological polar surface area (TPSA) is 154 Å². The quantitative estimate of drug-likeness (QED) is 0.260. The van der Waals surface area contributed by atoms with Gasteiger partial charge in [0.2, 0.25) is 11.8 Å². The summed E-state index contributed by atoms with van der Waals surface area (Å²) in [6, 6.07) is 7.30. The van der Waals surface area contributed by atoms with Crippen LogP contribution in [-0.2, 0) is 28.7 Å². The van der Waals surface area contributed by atoms with E-state index in [1.165, 1.54) is 16.5 Å². The number of ketones is 1. The van der Waals surface area contributed by atoms with E-state index in [1.54, 1.807) is 13.8 Å². The van der Waals surface area contributed by atoms with Crippen LogP contribution in [0.1, 0.15) is 32.3 Å². The number of hydrogen-bond donors (Lipinski definition) is 4. The third-order valence-corrected chi connectivity index (χ3v) is 5.53. The first-order valence-electron chi connectivity index (χ1n) is 12.3. The van der Waals surface area contributed by atoms with Crippen LogP contribution in [0.25, 0.3) is 10.9 Å². The van der Waals surface area contributed by atoms with Gasteiger partial charge >= 0.3 is 5.97 Å². The van der Waals surface area contributed by atoms with E-state index in [4.69, 9.17) is 14.9 Å². The number of fused-ring (bicyclic) bond motifs is 1. The number of H-pyrrole nitrogens is 1. The lowest BCUT2D eigenvalue weighted by Gasteiger charge is -2.25. The number of morpholine rings is 1. The summed E-state index contributed by atoms with van der Waals surface area (Å²) >= 11 is 0. The van der Waals surface area contributed by atoms with Gasteiger partial charge in [-0.2, -0.15) is 0 Å². The Labute approximate surface area is 216 Å². The molecule has 0 aliphatic carbocycles. The van der Waals surface area contributed by atoms with Crippen LogP contribution in [0.15, 0.2) is 30.5 Å². The molecule has 4 N–H and O–H groups in total. The molecule has 11 heteroatoms. The van der Waals surface area contributed by atoms with Gasteiger partial charge in [0.05, 0.1) is 38.6 Å². The number of hydrogen-bond acceptors (Lipinski definition) is 8. The van der Waals surface area contributed by atoms with Crippen molar-refractivity contribution in [1.29, 1.82) is 5.41 Å². The first-order valence-corrected chi connectivity index (χ1v) is 12.3. The third-order valence-electron chi connectivity index (χ3n) is 5.53. The molecule has 1 aliphatic heterocycles. The molecule has 2 amide bonds. The molecule has 1 saturated heterocycles. The second-order valence-corrected chi connectivity index (χ2v) is 8.94. The van der Waals surface area contributed by atoms with E-state index in [2.05, 4.69) is 40.7 Å². The molecule has 2 aromatic rings. The van der Waals surface area contributed by atoms with Gasteiger partial charge in [-0.1, -0.05) is 18.2 Å². The lowest BCUT2D eigenvalue weighted by molar-refractivity contribution is -0.151. The number of esters is 1. The monoisotopic (exact) mass is 515 g/mol. The van der Waals surface area contributed by atoms with Gasteiger partial charge in [0.25, 0.3) is 0 Å². The van der Waals surface area contributed by atoms with Gasteiger partial charge in [-0.25, -0.2) is 4.79 Å². The summed E-state index contributed by atoms with van der Waals surface area (Å²) in [6.45, 7) is 7.79. The van der Waals surface area contributed by atoms with Crippen molar-refractivity contribution in [3.05, 3.63) is 36.0 Å². The molecule has 37 heavy (non-hydrogen) atoms. The predicted molar refractivity (Wildman–Crippen MR) is 139 cm³/mol. The minimum atomic E-state index is -1.01. The van der Waals surface area contributed by atoms with Crippen LogP contribution in [0.4, 0.5) is 0 Å². The Morgan fingerprint density at radius 3 is 2.51 bits per heavy atom. The number of carbonyl (C=O) groups excluding carboxylic acids is 4. The summed E-state index contributed by atoms with van der Waals surface area (Å²) in [5, 5.41) is 13.2. The van der Waals surface area contributed by atoms with Crippen molar-refractivity contribution in [1.82, 2.24) is 20.5 Å². The molecule has 1 aromatic heterocycles. The van der Waals surface area contributed by atoms with Gasteiger partial charge in [-0.05, 0) is 38.8 Å². The van der Waals surface area contributed by atoms with Gasteiger partial charge < -0.3 is 30.5 Å². The van der Waals surface area contributed by atoms with E-state index < -0.39 is 23.7 Å². The molecule has 11 nitrogen and oxygen atoms in total. The number of para-hydroxylation sites is 1. The zero-order chi connectivity index (χ0) is 27.2. The van der Waals surface area contributed by atoms with Crippen LogP contribution in [0.3, 0.4) is 0 Å². The minimum Gasteiger partial charge on any atom is -0.461 e. The highest BCUT2D eigenvalue weighted by Crippen LogP contribution is 2.15. The lowest BCUT2D eigenvalue weighted by atomic mass is 10.1. The number of carbonyl (C=O) groups is 4. The number of aromatic amines is 1. The molecular weight excluding hydrogens is 478 g/mol. The molecule has 202 valence electrons. The van der Waals surface area contributed by atoms with Crippen LogP contribution in [0.5, 0.6) is 0 Å². The molecule has 0 bridgehead atoms. The van der Waals surface area contributed by atoms with Crippen molar-refractivity contribution in [3.63, 3.8) is 0 Å². The Morgan fingerprint density at radius 1 is 1.16 bits per heavy atom. The average Bonchev–Trinajstić information content (AvgIpc) is 3.26. The fourth-order valence-corrected chi connectivity index (χ4v) is 3.58. The summed E-state index contributed by atoms with van der Waals surface area (Å²) in [5.74, 6) is -1.97. The number of nitrogens with zero attached hydrogens (tertiary/aromatic N) is 1. The molecule has 1 aliphatic rings. The molecule has 1 aromatic carbocycles. The van der Waals surface area contributed by atoms with Gasteiger partial charge in [-0.15, -0.1) is 0 Å². The van der Waals surface area contributed by atoms with E-state index in [1.807, 2.05) is 17.2 Å². The second-order valence-electron chi connectivity index (χ2n) is 8.94. The number of benzene rings is 1. The first-order chi connectivity index (χ1) is 17.7. The van der Waals surface area contributed by atoms with Crippen molar-refractivity contribution in [2.75, 3.05) is 39.4 Å². The predicted octanol–water partition coefficient (Wildman–Crippen LogP) is 1.35. The standard InChI is InChI=1S/C17H28N4O6.C9H9N/c1-12(2)27-17(25)14(4-3-13(22)9-18)20-15(23)10-19-16(24)11-21-5-7-26-8-6-21;1-7-6-10-9-5-3-2-4-8(7)9/h9,12,14,18H,3-8,10-11H2,1-2H3,(H,19,24)(H,20,23);2-6,10H,1H3. The van der Waals surface area contributed by atoms with Crippen molar-refractivity contribution < 1.29 is 28.7 Å². The number of nitrogens with one attached hydrogen (secondary N) is 4. The molecule has 1 unspecified atom stereocenters. The van der Waals surface area contributed by atoms with Crippen molar-refractivity contribution in [2.45, 2.75) is 45.8 Å². The van der Waals surface area contributed by atoms with E-state index in [0.717, 1.165) is 0 Å². The second kappa shape index (κ2) is 15.5. The molecular formula is C26H37N5O6. The fraction of sp³-hybridized carbons (Fsp3) is 0.500. The highest BCUT2D eigenvalue weighted by atomic mass is 16.5. The van der Waals surface area contributed by atoms with Crippen LogP contribution >= 0.6 is 0 Å². The Hall–Kier alpha value is -3.57. The molecule has 2 heterocycles. The fourth-order valence-electron chi connectivity index (χ4n) is 3.58. The zero-order valence-corrected chi connectivity index (χ0v) is 21.7. The van der Waals surface area contributed by atoms with E-state index in [-0.39, 0.29) is 37.9 Å². The van der Waals surface area contributed by atoms with Gasteiger partial charge in [0, 0.05) is 36.6 Å². The maximum absolute atomic E-state index is 12.1. The highest BCUT2D eigenvalue weighted by molar-refractivity contribution is 6.26. The largest absolute Gasteiger partial charge is 0.461 e. The molecule has 0 saturated carbocycles. The Balaban J connectivity index is 0.000000394. The van der Waals surface area contributed by atoms with Crippen LogP contribution < -0.4 is 10.6 Å². The van der Waals surface area contributed by atoms with Crippen LogP contribution in [-0.4, -0.2) is 91.2 Å². The number of ether oxygens (including phenoxy) is 2. The molecule has 1 atom stereocenters. The van der Waals surface area contributed by atoms with E-state index in [9.17, 15) is 19.2 Å². The van der Waals surface area contributed by atoms with Gasteiger partial charge in [0.15, 0.2) is 5.78 Å². The lowest BCUT2D eigenvalue weighted by Crippen LogP contribution is -2.48. The minimum absolute atomic E-state index is 0.0211. The molecule has 0 radical (unpaired) electrons. The summed E-state index contributed by atoms with van der Waals surface area (Å²) in [4.78, 5) is 52.4.